The summed E-state index contributed by atoms with van der Waals surface area (Å²) in [6.45, 7) is 9.31. The van der Waals surface area contributed by atoms with Crippen LogP contribution >= 0.6 is 0 Å². The molecule has 0 aromatic heterocycles. The van der Waals surface area contributed by atoms with E-state index >= 15 is 0 Å². The molecule has 1 saturated heterocycles. The van der Waals surface area contributed by atoms with Crippen molar-refractivity contribution in [3.05, 3.63) is 35.9 Å². The lowest BCUT2D eigenvalue weighted by Crippen LogP contribution is -2.61. The van der Waals surface area contributed by atoms with Gasteiger partial charge in [0.15, 0.2) is 0 Å². The number of benzene rings is 1. The summed E-state index contributed by atoms with van der Waals surface area (Å²) in [5, 5.41) is 2.99. The Morgan fingerprint density at radius 2 is 2.05 bits per heavy atom. The van der Waals surface area contributed by atoms with E-state index in [1.165, 1.54) is 5.56 Å². The third-order valence-electron chi connectivity index (χ3n) is 4.04. The van der Waals surface area contributed by atoms with E-state index in [0.717, 1.165) is 12.8 Å². The summed E-state index contributed by atoms with van der Waals surface area (Å²) < 4.78 is 5.98. The molecule has 0 bridgehead atoms. The van der Waals surface area contributed by atoms with E-state index < -0.39 is 0 Å². The predicted molar refractivity (Wildman–Crippen MR) is 89.0 cm³/mol. The molecule has 2 amide bonds. The van der Waals surface area contributed by atoms with Gasteiger partial charge in [0.25, 0.3) is 0 Å². The maximum Gasteiger partial charge on any atom is 0.318 e. The molecule has 1 aromatic rings. The average Bonchev–Trinajstić information content (AvgIpc) is 2.46. The Morgan fingerprint density at radius 3 is 2.68 bits per heavy atom. The van der Waals surface area contributed by atoms with Gasteiger partial charge in [0.2, 0.25) is 0 Å². The SMILES string of the molecule is CC(C)NC(=O)N1CC(CCc2ccccc2)OCC1(C)C. The molecule has 122 valence electrons. The molecule has 1 unspecified atom stereocenters. The zero-order chi connectivity index (χ0) is 16.2. The van der Waals surface area contributed by atoms with Gasteiger partial charge in [-0.15, -0.1) is 0 Å². The first kappa shape index (κ1) is 16.8. The van der Waals surface area contributed by atoms with Crippen LogP contribution in [0.5, 0.6) is 0 Å². The molecule has 4 heteroatoms. The van der Waals surface area contributed by atoms with Gasteiger partial charge in [-0.25, -0.2) is 4.79 Å². The summed E-state index contributed by atoms with van der Waals surface area (Å²) in [6, 6.07) is 10.6. The molecule has 0 aliphatic carbocycles. The number of urea groups is 1. The van der Waals surface area contributed by atoms with E-state index in [2.05, 4.69) is 43.4 Å². The third-order valence-corrected chi connectivity index (χ3v) is 4.04. The van der Waals surface area contributed by atoms with Crippen molar-refractivity contribution in [1.82, 2.24) is 10.2 Å². The first-order valence-electron chi connectivity index (χ1n) is 8.12. The fourth-order valence-corrected chi connectivity index (χ4v) is 2.73. The van der Waals surface area contributed by atoms with Crippen molar-refractivity contribution in [1.29, 1.82) is 0 Å². The van der Waals surface area contributed by atoms with Gasteiger partial charge in [0.1, 0.15) is 0 Å². The van der Waals surface area contributed by atoms with Crippen molar-refractivity contribution in [3.8, 4) is 0 Å². The number of ether oxygens (including phenoxy) is 1. The highest BCUT2D eigenvalue weighted by Gasteiger charge is 2.38. The van der Waals surface area contributed by atoms with Crippen molar-refractivity contribution in [2.45, 2.75) is 58.2 Å². The second-order valence-electron chi connectivity index (χ2n) is 6.98. The van der Waals surface area contributed by atoms with Crippen molar-refractivity contribution >= 4 is 6.03 Å². The summed E-state index contributed by atoms with van der Waals surface area (Å²) in [5.41, 5.74) is 1.05. The van der Waals surface area contributed by atoms with E-state index in [9.17, 15) is 4.79 Å². The number of carbonyl (C=O) groups is 1. The number of aryl methyl sites for hydroxylation is 1. The molecule has 22 heavy (non-hydrogen) atoms. The van der Waals surface area contributed by atoms with Crippen molar-refractivity contribution < 1.29 is 9.53 Å². The summed E-state index contributed by atoms with van der Waals surface area (Å²) in [7, 11) is 0. The zero-order valence-electron chi connectivity index (χ0n) is 14.1. The smallest absolute Gasteiger partial charge is 0.318 e. The van der Waals surface area contributed by atoms with Crippen molar-refractivity contribution in [2.75, 3.05) is 13.2 Å². The fourth-order valence-electron chi connectivity index (χ4n) is 2.73. The van der Waals surface area contributed by atoms with Crippen LogP contribution in [0.15, 0.2) is 30.3 Å². The predicted octanol–water partition coefficient (Wildman–Crippen LogP) is 3.22. The average molecular weight is 304 g/mol. The molecule has 1 heterocycles. The van der Waals surface area contributed by atoms with E-state index in [-0.39, 0.29) is 23.7 Å². The van der Waals surface area contributed by atoms with Gasteiger partial charge in [-0.3, -0.25) is 0 Å². The Hall–Kier alpha value is -1.55. The number of amides is 2. The van der Waals surface area contributed by atoms with Gasteiger partial charge in [-0.1, -0.05) is 30.3 Å². The second kappa shape index (κ2) is 7.14. The minimum atomic E-state index is -0.262. The van der Waals surface area contributed by atoms with Crippen LogP contribution in [0.2, 0.25) is 0 Å². The topological polar surface area (TPSA) is 41.6 Å². The van der Waals surface area contributed by atoms with Crippen LogP contribution in [0.4, 0.5) is 4.79 Å². The van der Waals surface area contributed by atoms with E-state index in [4.69, 9.17) is 4.74 Å². The Balaban J connectivity index is 1.94. The molecule has 0 saturated carbocycles. The Kier molecular flexibility index (Phi) is 5.46. The second-order valence-corrected chi connectivity index (χ2v) is 6.98. The molecule has 1 N–H and O–H groups in total. The summed E-state index contributed by atoms with van der Waals surface area (Å²) in [4.78, 5) is 14.3. The Labute approximate surface area is 133 Å². The number of nitrogens with one attached hydrogen (secondary N) is 1. The molecule has 1 atom stereocenters. The minimum Gasteiger partial charge on any atom is -0.374 e. The number of rotatable bonds is 4. The normalized spacial score (nSPS) is 21.0. The fraction of sp³-hybridized carbons (Fsp3) is 0.611. The van der Waals surface area contributed by atoms with Crippen LogP contribution in [-0.4, -0.2) is 41.8 Å². The Morgan fingerprint density at radius 1 is 1.36 bits per heavy atom. The maximum atomic E-state index is 12.4. The lowest BCUT2D eigenvalue weighted by Gasteiger charge is -2.45. The van der Waals surface area contributed by atoms with Crippen LogP contribution in [0, 0.1) is 0 Å². The highest BCUT2D eigenvalue weighted by Crippen LogP contribution is 2.24. The highest BCUT2D eigenvalue weighted by atomic mass is 16.5. The number of nitrogens with zero attached hydrogens (tertiary/aromatic N) is 1. The van der Waals surface area contributed by atoms with Crippen LogP contribution in [-0.2, 0) is 11.2 Å². The van der Waals surface area contributed by atoms with Crippen LogP contribution in [0.1, 0.15) is 39.7 Å². The van der Waals surface area contributed by atoms with E-state index in [1.807, 2.05) is 24.8 Å². The first-order chi connectivity index (χ1) is 10.4. The van der Waals surface area contributed by atoms with Gasteiger partial charge in [-0.2, -0.15) is 0 Å². The summed E-state index contributed by atoms with van der Waals surface area (Å²) >= 11 is 0. The third kappa shape index (κ3) is 4.47. The molecular formula is C18H28N2O2. The first-order valence-corrected chi connectivity index (χ1v) is 8.12. The van der Waals surface area contributed by atoms with Gasteiger partial charge >= 0.3 is 6.03 Å². The molecule has 0 spiro atoms. The van der Waals surface area contributed by atoms with E-state index in [1.54, 1.807) is 0 Å². The van der Waals surface area contributed by atoms with Gasteiger partial charge in [-0.05, 0) is 46.1 Å². The summed E-state index contributed by atoms with van der Waals surface area (Å²) in [5.74, 6) is 0. The van der Waals surface area contributed by atoms with Crippen molar-refractivity contribution in [2.24, 2.45) is 0 Å². The van der Waals surface area contributed by atoms with E-state index in [0.29, 0.717) is 13.2 Å². The van der Waals surface area contributed by atoms with Gasteiger partial charge in [0, 0.05) is 12.6 Å². The minimum absolute atomic E-state index is 0.00742. The molecule has 1 aliphatic rings. The number of carbonyl (C=O) groups excluding carboxylic acids is 1. The molecular weight excluding hydrogens is 276 g/mol. The number of hydrogen-bond donors (Lipinski definition) is 1. The standard InChI is InChI=1S/C18H28N2O2/c1-14(2)19-17(21)20-12-16(22-13-18(20,3)4)11-10-15-8-6-5-7-9-15/h5-9,14,16H,10-13H2,1-4H3,(H,19,21). The Bertz CT molecular complexity index is 485. The molecule has 4 nitrogen and oxygen atoms in total. The molecule has 0 radical (unpaired) electrons. The largest absolute Gasteiger partial charge is 0.374 e. The lowest BCUT2D eigenvalue weighted by molar-refractivity contribution is -0.0809. The monoisotopic (exact) mass is 304 g/mol. The molecule has 2 rings (SSSR count). The van der Waals surface area contributed by atoms with Crippen LogP contribution in [0.3, 0.4) is 0 Å². The van der Waals surface area contributed by atoms with Gasteiger partial charge in [0.05, 0.1) is 18.2 Å². The van der Waals surface area contributed by atoms with Crippen LogP contribution < -0.4 is 5.32 Å². The van der Waals surface area contributed by atoms with Gasteiger partial charge < -0.3 is 15.0 Å². The molecule has 1 aromatic carbocycles. The lowest BCUT2D eigenvalue weighted by atomic mass is 9.98. The quantitative estimate of drug-likeness (QED) is 0.928. The number of morpholine rings is 1. The van der Waals surface area contributed by atoms with Crippen LogP contribution in [0.25, 0.3) is 0 Å². The van der Waals surface area contributed by atoms with Crippen molar-refractivity contribution in [3.63, 3.8) is 0 Å². The molecule has 1 fully saturated rings. The zero-order valence-corrected chi connectivity index (χ0v) is 14.1. The highest BCUT2D eigenvalue weighted by molar-refractivity contribution is 5.75. The summed E-state index contributed by atoms with van der Waals surface area (Å²) in [6.07, 6.45) is 2.02. The maximum absolute atomic E-state index is 12.4. The molecule has 1 aliphatic heterocycles. The number of hydrogen-bond acceptors (Lipinski definition) is 2.